The van der Waals surface area contributed by atoms with Crippen molar-refractivity contribution >= 4 is 44.3 Å². The van der Waals surface area contributed by atoms with Crippen LogP contribution in [0, 0.1) is 0 Å². The number of carbonyl (C=O) groups is 1. The molecule has 0 aliphatic heterocycles. The summed E-state index contributed by atoms with van der Waals surface area (Å²) in [6.07, 6.45) is 2.25. The minimum absolute atomic E-state index is 0.199. The van der Waals surface area contributed by atoms with E-state index in [1.165, 1.54) is 17.9 Å². The number of fused-ring (bicyclic) bond motifs is 1. The highest BCUT2D eigenvalue weighted by atomic mass is 79.9. The number of halogens is 1. The van der Waals surface area contributed by atoms with Crippen LogP contribution in [0.25, 0.3) is 22.3 Å². The highest BCUT2D eigenvalue weighted by Gasteiger charge is 2.28. The van der Waals surface area contributed by atoms with Gasteiger partial charge in [0.2, 0.25) is 5.91 Å². The molecule has 1 fully saturated rings. The average molecular weight is 494 g/mol. The number of nitrogens with zero attached hydrogens (tertiary/aromatic N) is 2. The molecule has 32 heavy (non-hydrogen) atoms. The first-order chi connectivity index (χ1) is 15.4. The Bertz CT molecular complexity index is 1390. The molecule has 2 aromatic heterocycles. The van der Waals surface area contributed by atoms with Crippen LogP contribution in [-0.2, 0) is 4.79 Å². The summed E-state index contributed by atoms with van der Waals surface area (Å²) in [4.78, 5) is 27.0. The number of rotatable bonds is 5. The second-order valence-electron chi connectivity index (χ2n) is 7.81. The van der Waals surface area contributed by atoms with E-state index in [-0.39, 0.29) is 11.3 Å². The molecule has 5 rings (SSSR count). The third-order valence-electron chi connectivity index (χ3n) is 5.56. The van der Waals surface area contributed by atoms with Crippen molar-refractivity contribution in [2.75, 3.05) is 12.0 Å². The molecule has 1 saturated carbocycles. The highest BCUT2D eigenvalue weighted by Crippen LogP contribution is 2.41. The van der Waals surface area contributed by atoms with Gasteiger partial charge in [0.25, 0.3) is 0 Å². The van der Waals surface area contributed by atoms with Gasteiger partial charge < -0.3 is 9.15 Å². The van der Waals surface area contributed by atoms with Crippen molar-refractivity contribution in [1.82, 2.24) is 10.2 Å². The van der Waals surface area contributed by atoms with E-state index in [0.29, 0.717) is 38.6 Å². The highest BCUT2D eigenvalue weighted by molar-refractivity contribution is 9.10. The number of methoxy groups -OCH3 is 1. The number of aromatic amines is 1. The Morgan fingerprint density at radius 1 is 1.19 bits per heavy atom. The number of carbonyl (C=O) groups excluding carboxylic acids is 1. The van der Waals surface area contributed by atoms with Crippen molar-refractivity contribution in [2.45, 2.75) is 25.7 Å². The van der Waals surface area contributed by atoms with Gasteiger partial charge in [0.05, 0.1) is 18.2 Å². The van der Waals surface area contributed by atoms with E-state index in [9.17, 15) is 9.59 Å². The van der Waals surface area contributed by atoms with Gasteiger partial charge in [0, 0.05) is 40.7 Å². The summed E-state index contributed by atoms with van der Waals surface area (Å²) in [5.74, 6) is 1.94. The molecular formula is C24H20BrN3O4. The van der Waals surface area contributed by atoms with Gasteiger partial charge in [0.15, 0.2) is 11.2 Å². The molecule has 0 radical (unpaired) electrons. The van der Waals surface area contributed by atoms with Gasteiger partial charge in [-0.05, 0) is 65.2 Å². The van der Waals surface area contributed by atoms with Crippen molar-refractivity contribution < 1.29 is 13.9 Å². The van der Waals surface area contributed by atoms with Crippen LogP contribution in [0.3, 0.4) is 0 Å². The Labute approximate surface area is 192 Å². The van der Waals surface area contributed by atoms with Crippen LogP contribution >= 0.6 is 15.9 Å². The summed E-state index contributed by atoms with van der Waals surface area (Å²) in [6.45, 7) is 1.47. The van der Waals surface area contributed by atoms with Crippen LogP contribution in [0.1, 0.15) is 31.4 Å². The van der Waals surface area contributed by atoms with E-state index in [1.807, 2.05) is 30.3 Å². The molecule has 0 bridgehead atoms. The van der Waals surface area contributed by atoms with E-state index in [4.69, 9.17) is 9.15 Å². The number of H-pyrrole nitrogens is 1. The number of nitrogens with one attached hydrogen (secondary N) is 1. The maximum absolute atomic E-state index is 13.0. The lowest BCUT2D eigenvalue weighted by atomic mass is 10.1. The number of amides is 1. The molecule has 0 atom stereocenters. The topological polar surface area (TPSA) is 88.4 Å². The molecule has 0 unspecified atom stereocenters. The van der Waals surface area contributed by atoms with Crippen LogP contribution in [0.4, 0.5) is 11.5 Å². The Morgan fingerprint density at radius 2 is 1.94 bits per heavy atom. The second-order valence-corrected chi connectivity index (χ2v) is 8.67. The lowest BCUT2D eigenvalue weighted by Gasteiger charge is -2.20. The summed E-state index contributed by atoms with van der Waals surface area (Å²) in [7, 11) is 1.60. The Hall–Kier alpha value is -3.39. The maximum Gasteiger partial charge on any atom is 0.229 e. The van der Waals surface area contributed by atoms with Crippen molar-refractivity contribution in [3.05, 3.63) is 68.9 Å². The standard InChI is InChI=1S/C24H20BrN3O4/c1-13(29)28(24-11-19(26-27-24)14-3-4-14)20-9-17-21(30)12-22(32-23(17)10-18(20)25)15-5-7-16(31-2)8-6-15/h5-12,14H,3-4H2,1-2H3,(H,26,27). The van der Waals surface area contributed by atoms with Crippen molar-refractivity contribution in [1.29, 1.82) is 0 Å². The Morgan fingerprint density at radius 3 is 2.59 bits per heavy atom. The molecule has 1 aliphatic rings. The molecule has 0 spiro atoms. The van der Waals surface area contributed by atoms with E-state index in [0.717, 1.165) is 29.8 Å². The molecule has 1 N–H and O–H groups in total. The first-order valence-corrected chi connectivity index (χ1v) is 11.0. The molecular weight excluding hydrogens is 474 g/mol. The van der Waals surface area contributed by atoms with Gasteiger partial charge in [-0.1, -0.05) is 0 Å². The normalized spacial score (nSPS) is 13.3. The number of aromatic nitrogens is 2. The fourth-order valence-corrected chi connectivity index (χ4v) is 4.23. The summed E-state index contributed by atoms with van der Waals surface area (Å²) in [6, 6.07) is 14.0. The number of ether oxygens (including phenoxy) is 1. The van der Waals surface area contributed by atoms with Gasteiger partial charge >= 0.3 is 0 Å². The van der Waals surface area contributed by atoms with Crippen molar-refractivity contribution in [2.24, 2.45) is 0 Å². The minimum atomic E-state index is -0.210. The zero-order chi connectivity index (χ0) is 22.4. The van der Waals surface area contributed by atoms with Crippen LogP contribution in [0.2, 0.25) is 0 Å². The SMILES string of the molecule is COc1ccc(-c2cc(=O)c3cc(N(C(C)=O)c4cc(C5CC5)[nH]n4)c(Br)cc3o2)cc1. The monoisotopic (exact) mass is 493 g/mol. The van der Waals surface area contributed by atoms with Crippen LogP contribution in [-0.4, -0.2) is 23.2 Å². The number of benzene rings is 2. The number of hydrogen-bond donors (Lipinski definition) is 1. The number of anilines is 2. The summed E-state index contributed by atoms with van der Waals surface area (Å²) < 4.78 is 11.8. The minimum Gasteiger partial charge on any atom is -0.497 e. The molecule has 0 saturated heterocycles. The molecule has 4 aromatic rings. The van der Waals surface area contributed by atoms with Crippen LogP contribution in [0.5, 0.6) is 5.75 Å². The Balaban J connectivity index is 1.59. The van der Waals surface area contributed by atoms with Gasteiger partial charge in [-0.2, -0.15) is 5.10 Å². The third kappa shape index (κ3) is 3.71. The van der Waals surface area contributed by atoms with E-state index in [2.05, 4.69) is 26.1 Å². The van der Waals surface area contributed by atoms with Crippen molar-refractivity contribution in [3.8, 4) is 17.1 Å². The lowest BCUT2D eigenvalue weighted by Crippen LogP contribution is -2.23. The number of hydrogen-bond acceptors (Lipinski definition) is 5. The quantitative estimate of drug-likeness (QED) is 0.395. The van der Waals surface area contributed by atoms with Gasteiger partial charge in [-0.3, -0.25) is 19.6 Å². The first-order valence-electron chi connectivity index (χ1n) is 10.2. The zero-order valence-electron chi connectivity index (χ0n) is 17.5. The summed E-state index contributed by atoms with van der Waals surface area (Å²) >= 11 is 3.55. The average Bonchev–Trinajstić information content (AvgIpc) is 3.52. The van der Waals surface area contributed by atoms with Gasteiger partial charge in [-0.15, -0.1) is 0 Å². The molecule has 2 heterocycles. The van der Waals surface area contributed by atoms with E-state index in [1.54, 1.807) is 19.2 Å². The lowest BCUT2D eigenvalue weighted by molar-refractivity contribution is -0.115. The molecule has 2 aromatic carbocycles. The predicted molar refractivity (Wildman–Crippen MR) is 126 cm³/mol. The van der Waals surface area contributed by atoms with Gasteiger partial charge in [-0.25, -0.2) is 0 Å². The van der Waals surface area contributed by atoms with E-state index >= 15 is 0 Å². The maximum atomic E-state index is 13.0. The fourth-order valence-electron chi connectivity index (χ4n) is 3.73. The van der Waals surface area contributed by atoms with Crippen LogP contribution in [0.15, 0.2) is 62.2 Å². The smallest absolute Gasteiger partial charge is 0.229 e. The Kier molecular flexibility index (Phi) is 5.09. The zero-order valence-corrected chi connectivity index (χ0v) is 19.1. The van der Waals surface area contributed by atoms with Crippen LogP contribution < -0.4 is 15.1 Å². The molecule has 162 valence electrons. The summed E-state index contributed by atoms with van der Waals surface area (Å²) in [5, 5.41) is 7.74. The third-order valence-corrected chi connectivity index (χ3v) is 6.19. The van der Waals surface area contributed by atoms with Crippen molar-refractivity contribution in [3.63, 3.8) is 0 Å². The summed E-state index contributed by atoms with van der Waals surface area (Å²) in [5.41, 5.74) is 2.54. The van der Waals surface area contributed by atoms with Gasteiger partial charge in [0.1, 0.15) is 17.1 Å². The molecule has 1 aliphatic carbocycles. The first kappa shape index (κ1) is 20.5. The predicted octanol–water partition coefficient (Wildman–Crippen LogP) is 5.52. The molecule has 8 heteroatoms. The molecule has 1 amide bonds. The second kappa shape index (κ2) is 7.94. The largest absolute Gasteiger partial charge is 0.497 e. The molecule has 7 nitrogen and oxygen atoms in total. The fraction of sp³-hybridized carbons (Fsp3) is 0.208. The van der Waals surface area contributed by atoms with E-state index < -0.39 is 0 Å².